The zero-order valence-electron chi connectivity index (χ0n) is 17.1. The monoisotopic (exact) mass is 556 g/mol. The van der Waals surface area contributed by atoms with Gasteiger partial charge in [-0.15, -0.1) is 24.8 Å². The van der Waals surface area contributed by atoms with E-state index in [-0.39, 0.29) is 38.2 Å². The number of halogens is 5. The third kappa shape index (κ3) is 6.82. The average molecular weight is 558 g/mol. The Morgan fingerprint density at radius 2 is 1.59 bits per heavy atom. The number of hydrogen-bond acceptors (Lipinski definition) is 6. The van der Waals surface area contributed by atoms with Crippen LogP contribution in [0.25, 0.3) is 0 Å². The molecular weight excluding hydrogens is 533 g/mol. The van der Waals surface area contributed by atoms with Gasteiger partial charge in [-0.25, -0.2) is 8.78 Å². The van der Waals surface area contributed by atoms with Crippen LogP contribution in [0, 0.1) is 11.6 Å². The van der Waals surface area contributed by atoms with Gasteiger partial charge in [0.2, 0.25) is 6.79 Å². The van der Waals surface area contributed by atoms with E-state index in [9.17, 15) is 13.9 Å². The van der Waals surface area contributed by atoms with Crippen LogP contribution >= 0.6 is 40.7 Å². The summed E-state index contributed by atoms with van der Waals surface area (Å²) in [6.07, 6.45) is -0.840. The number of β-amino-alcohol motifs (C(OH)–C–C–N with tert-alkyl or cyclic N) is 1. The van der Waals surface area contributed by atoms with Crippen LogP contribution < -0.4 is 14.2 Å². The molecule has 32 heavy (non-hydrogen) atoms. The third-order valence-electron chi connectivity index (χ3n) is 5.16. The van der Waals surface area contributed by atoms with Crippen LogP contribution in [0.1, 0.15) is 5.56 Å². The Kier molecular flexibility index (Phi) is 10.3. The summed E-state index contributed by atoms with van der Waals surface area (Å²) in [7, 11) is 0. The third-order valence-corrected chi connectivity index (χ3v) is 5.62. The molecule has 1 fully saturated rings. The van der Waals surface area contributed by atoms with Crippen molar-refractivity contribution in [2.45, 2.75) is 12.6 Å². The lowest BCUT2D eigenvalue weighted by Crippen LogP contribution is -2.48. The van der Waals surface area contributed by atoms with Crippen molar-refractivity contribution in [2.75, 3.05) is 46.1 Å². The molecule has 0 radical (unpaired) electrons. The van der Waals surface area contributed by atoms with Gasteiger partial charge in [0.15, 0.2) is 28.9 Å². The molecule has 2 aliphatic rings. The maximum Gasteiger partial charge on any atom is 0.231 e. The van der Waals surface area contributed by atoms with Gasteiger partial charge >= 0.3 is 0 Å². The van der Waals surface area contributed by atoms with E-state index in [1.807, 2.05) is 18.2 Å². The zero-order valence-corrected chi connectivity index (χ0v) is 20.4. The molecule has 178 valence electrons. The van der Waals surface area contributed by atoms with Crippen molar-refractivity contribution < 1.29 is 28.1 Å². The quantitative estimate of drug-likeness (QED) is 0.558. The van der Waals surface area contributed by atoms with E-state index in [1.165, 1.54) is 5.56 Å². The summed E-state index contributed by atoms with van der Waals surface area (Å²) in [5.74, 6) is -0.501. The normalized spacial score (nSPS) is 16.8. The Hall–Kier alpha value is -1.36. The molecule has 0 saturated carbocycles. The maximum atomic E-state index is 13.8. The van der Waals surface area contributed by atoms with Crippen LogP contribution in [0.3, 0.4) is 0 Å². The van der Waals surface area contributed by atoms with Gasteiger partial charge in [-0.2, -0.15) is 0 Å². The number of aliphatic hydroxyl groups excluding tert-OH is 1. The van der Waals surface area contributed by atoms with Gasteiger partial charge in [-0.05, 0) is 29.8 Å². The Morgan fingerprint density at radius 3 is 2.28 bits per heavy atom. The van der Waals surface area contributed by atoms with E-state index in [0.29, 0.717) is 11.0 Å². The highest BCUT2D eigenvalue weighted by atomic mass is 79.9. The van der Waals surface area contributed by atoms with Crippen LogP contribution in [0.15, 0.2) is 34.8 Å². The fourth-order valence-electron chi connectivity index (χ4n) is 3.62. The highest BCUT2D eigenvalue weighted by molar-refractivity contribution is 9.10. The number of aliphatic hydroxyl groups is 1. The zero-order chi connectivity index (χ0) is 21.1. The number of ether oxygens (including phenoxy) is 3. The molecule has 4 rings (SSSR count). The molecule has 1 atom stereocenters. The van der Waals surface area contributed by atoms with E-state index >= 15 is 0 Å². The molecule has 2 aromatic rings. The molecule has 2 aliphatic heterocycles. The Balaban J connectivity index is 0.00000181. The molecule has 2 aromatic carbocycles. The highest BCUT2D eigenvalue weighted by Crippen LogP contribution is 2.33. The number of nitrogens with zero attached hydrogens (tertiary/aromatic N) is 2. The molecule has 11 heteroatoms. The molecule has 6 nitrogen and oxygen atoms in total. The van der Waals surface area contributed by atoms with Gasteiger partial charge in [-0.3, -0.25) is 9.80 Å². The van der Waals surface area contributed by atoms with E-state index in [2.05, 4.69) is 25.7 Å². The summed E-state index contributed by atoms with van der Waals surface area (Å²) >= 11 is 3.02. The molecule has 0 bridgehead atoms. The van der Waals surface area contributed by atoms with Crippen molar-refractivity contribution in [1.29, 1.82) is 0 Å². The molecule has 1 N–H and O–H groups in total. The number of benzene rings is 2. The van der Waals surface area contributed by atoms with E-state index in [4.69, 9.17) is 14.2 Å². The van der Waals surface area contributed by atoms with Gasteiger partial charge in [0.25, 0.3) is 0 Å². The second-order valence-electron chi connectivity index (χ2n) is 7.43. The molecule has 1 unspecified atom stereocenters. The van der Waals surface area contributed by atoms with Gasteiger partial charge < -0.3 is 19.3 Å². The van der Waals surface area contributed by atoms with E-state index in [1.54, 1.807) is 0 Å². The molecular formula is C21H25BrCl2F2N2O4. The molecule has 2 heterocycles. The fraction of sp³-hybridized carbons (Fsp3) is 0.429. The highest BCUT2D eigenvalue weighted by Gasteiger charge is 2.21. The Labute approximate surface area is 206 Å². The van der Waals surface area contributed by atoms with Gasteiger partial charge in [0, 0.05) is 43.7 Å². The first-order valence-corrected chi connectivity index (χ1v) is 10.6. The first-order valence-electron chi connectivity index (χ1n) is 9.76. The molecule has 0 amide bonds. The number of hydrogen-bond donors (Lipinski definition) is 1. The van der Waals surface area contributed by atoms with Crippen molar-refractivity contribution in [3.8, 4) is 17.2 Å². The SMILES string of the molecule is Cl.Cl.OC(COc1c(F)cc(Br)cc1F)CN1CCN(Cc2ccc3c(c2)OCO3)CC1. The topological polar surface area (TPSA) is 54.4 Å². The lowest BCUT2D eigenvalue weighted by molar-refractivity contribution is 0.0428. The second-order valence-corrected chi connectivity index (χ2v) is 8.34. The van der Waals surface area contributed by atoms with E-state index < -0.39 is 23.5 Å². The van der Waals surface area contributed by atoms with Crippen LogP contribution in [0.5, 0.6) is 17.2 Å². The van der Waals surface area contributed by atoms with Crippen molar-refractivity contribution in [3.05, 3.63) is 52.0 Å². The number of rotatable bonds is 7. The van der Waals surface area contributed by atoms with Gasteiger partial charge in [0.05, 0.1) is 0 Å². The van der Waals surface area contributed by atoms with Crippen molar-refractivity contribution in [3.63, 3.8) is 0 Å². The Morgan fingerprint density at radius 1 is 0.969 bits per heavy atom. The summed E-state index contributed by atoms with van der Waals surface area (Å²) < 4.78 is 43.9. The lowest BCUT2D eigenvalue weighted by atomic mass is 10.1. The molecule has 0 aliphatic carbocycles. The van der Waals surface area contributed by atoms with Crippen molar-refractivity contribution >= 4 is 40.7 Å². The minimum atomic E-state index is -0.840. The number of piperazine rings is 1. The van der Waals surface area contributed by atoms with Gasteiger partial charge in [0.1, 0.15) is 12.7 Å². The molecule has 0 aromatic heterocycles. The van der Waals surface area contributed by atoms with Crippen LogP contribution in [0.4, 0.5) is 8.78 Å². The fourth-order valence-corrected chi connectivity index (χ4v) is 4.03. The summed E-state index contributed by atoms with van der Waals surface area (Å²) in [5, 5.41) is 10.2. The Bertz CT molecular complexity index is 881. The van der Waals surface area contributed by atoms with Crippen LogP contribution in [-0.2, 0) is 6.54 Å². The minimum Gasteiger partial charge on any atom is -0.485 e. The predicted octanol–water partition coefficient (Wildman–Crippen LogP) is 3.86. The lowest BCUT2D eigenvalue weighted by Gasteiger charge is -2.35. The smallest absolute Gasteiger partial charge is 0.231 e. The second kappa shape index (κ2) is 12.2. The van der Waals surface area contributed by atoms with Gasteiger partial charge in [-0.1, -0.05) is 22.0 Å². The molecule has 1 saturated heterocycles. The number of fused-ring (bicyclic) bond motifs is 1. The minimum absolute atomic E-state index is 0. The average Bonchev–Trinajstić information content (AvgIpc) is 3.16. The largest absolute Gasteiger partial charge is 0.485 e. The summed E-state index contributed by atoms with van der Waals surface area (Å²) in [6.45, 7) is 4.61. The van der Waals surface area contributed by atoms with E-state index in [0.717, 1.165) is 56.4 Å². The van der Waals surface area contributed by atoms with Crippen molar-refractivity contribution in [1.82, 2.24) is 9.80 Å². The summed E-state index contributed by atoms with van der Waals surface area (Å²) in [5.41, 5.74) is 1.17. The maximum absolute atomic E-state index is 13.8. The predicted molar refractivity (Wildman–Crippen MR) is 124 cm³/mol. The first kappa shape index (κ1) is 26.9. The first-order chi connectivity index (χ1) is 14.5. The summed E-state index contributed by atoms with van der Waals surface area (Å²) in [6, 6.07) is 8.24. The molecule has 0 spiro atoms. The van der Waals surface area contributed by atoms with Crippen LogP contribution in [-0.4, -0.2) is 67.1 Å². The summed E-state index contributed by atoms with van der Waals surface area (Å²) in [4.78, 5) is 4.46. The van der Waals surface area contributed by atoms with Crippen molar-refractivity contribution in [2.24, 2.45) is 0 Å². The standard InChI is InChI=1S/C21H23BrF2N2O4.2ClH/c22-15-8-17(23)21(18(24)9-15)28-12-16(27)11-26-5-3-25(4-6-26)10-14-1-2-19-20(7-14)30-13-29-19;;/h1-2,7-9,16,27H,3-6,10-13H2;2*1H. The van der Waals surface area contributed by atoms with Crippen LogP contribution in [0.2, 0.25) is 0 Å².